The number of ether oxygens (including phenoxy) is 3. The number of rotatable bonds is 6. The quantitative estimate of drug-likeness (QED) is 0.349. The first-order valence-electron chi connectivity index (χ1n) is 11.3. The fourth-order valence-corrected chi connectivity index (χ4v) is 4.86. The highest BCUT2D eigenvalue weighted by Gasteiger charge is 2.45. The first kappa shape index (κ1) is 22.9. The second-order valence-electron chi connectivity index (χ2n) is 8.42. The molecule has 1 amide bonds. The number of carbonyl (C=O) groups excluding carboxylic acids is 2. The number of fused-ring (bicyclic) bond motifs is 1. The van der Waals surface area contributed by atoms with Gasteiger partial charge in [-0.2, -0.15) is 0 Å². The molecule has 8 nitrogen and oxygen atoms in total. The molecule has 3 aliphatic heterocycles. The van der Waals surface area contributed by atoms with Crippen LogP contribution in [0.15, 0.2) is 52.5 Å². The molecule has 3 aliphatic rings. The molecule has 5 rings (SSSR count). The van der Waals surface area contributed by atoms with Gasteiger partial charge in [0.25, 0.3) is 11.7 Å². The molecule has 2 aromatic carbocycles. The van der Waals surface area contributed by atoms with Crippen LogP contribution < -0.4 is 9.47 Å². The summed E-state index contributed by atoms with van der Waals surface area (Å²) in [6, 6.07) is 11.8. The second kappa shape index (κ2) is 9.77. The monoisotopic (exact) mass is 528 g/mol. The average Bonchev–Trinajstić information content (AvgIpc) is 3.42. The number of morpholine rings is 1. The normalized spacial score (nSPS) is 21.9. The van der Waals surface area contributed by atoms with Gasteiger partial charge in [0.05, 0.1) is 24.8 Å². The highest BCUT2D eigenvalue weighted by atomic mass is 79.9. The van der Waals surface area contributed by atoms with Gasteiger partial charge >= 0.3 is 0 Å². The topological polar surface area (TPSA) is 88.5 Å². The van der Waals surface area contributed by atoms with Gasteiger partial charge < -0.3 is 24.2 Å². The highest BCUT2D eigenvalue weighted by Crippen LogP contribution is 2.41. The highest BCUT2D eigenvalue weighted by molar-refractivity contribution is 9.10. The van der Waals surface area contributed by atoms with Crippen molar-refractivity contribution in [3.8, 4) is 11.5 Å². The summed E-state index contributed by atoms with van der Waals surface area (Å²) in [6.45, 7) is 4.45. The lowest BCUT2D eigenvalue weighted by atomic mass is 9.95. The molecule has 1 unspecified atom stereocenters. The Morgan fingerprint density at radius 1 is 1.00 bits per heavy atom. The number of nitrogens with zero attached hydrogens (tertiary/aromatic N) is 2. The van der Waals surface area contributed by atoms with E-state index in [2.05, 4.69) is 20.8 Å². The van der Waals surface area contributed by atoms with Crippen molar-refractivity contribution < 1.29 is 28.9 Å². The van der Waals surface area contributed by atoms with E-state index in [0.717, 1.165) is 29.7 Å². The van der Waals surface area contributed by atoms with Gasteiger partial charge in [0, 0.05) is 36.2 Å². The van der Waals surface area contributed by atoms with Gasteiger partial charge in [-0.15, -0.1) is 0 Å². The Labute approximate surface area is 205 Å². The van der Waals surface area contributed by atoms with Crippen LogP contribution in [0.5, 0.6) is 11.5 Å². The van der Waals surface area contributed by atoms with E-state index in [0.29, 0.717) is 43.2 Å². The molecule has 2 saturated heterocycles. The molecule has 0 aromatic heterocycles. The molecule has 2 aromatic rings. The first-order chi connectivity index (χ1) is 16.5. The van der Waals surface area contributed by atoms with Crippen LogP contribution in [0, 0.1) is 0 Å². The molecule has 1 N–H and O–H groups in total. The Balaban J connectivity index is 1.47. The van der Waals surface area contributed by atoms with E-state index >= 15 is 0 Å². The summed E-state index contributed by atoms with van der Waals surface area (Å²) in [4.78, 5) is 30.2. The second-order valence-corrected chi connectivity index (χ2v) is 9.34. The summed E-state index contributed by atoms with van der Waals surface area (Å²) in [7, 11) is 0. The number of likely N-dealkylation sites (tertiary alicyclic amines) is 1. The fraction of sp³-hybridized carbons (Fsp3) is 0.360. The Hall–Kier alpha value is -2.88. The van der Waals surface area contributed by atoms with Crippen LogP contribution in [0.4, 0.5) is 0 Å². The zero-order valence-corrected chi connectivity index (χ0v) is 20.1. The molecule has 0 spiro atoms. The average molecular weight is 529 g/mol. The number of ketones is 1. The van der Waals surface area contributed by atoms with E-state index in [9.17, 15) is 14.7 Å². The van der Waals surface area contributed by atoms with Crippen LogP contribution in [0.3, 0.4) is 0 Å². The molecule has 2 fully saturated rings. The van der Waals surface area contributed by atoms with Crippen molar-refractivity contribution in [2.45, 2.75) is 12.5 Å². The van der Waals surface area contributed by atoms with Gasteiger partial charge in [0.2, 0.25) is 6.79 Å². The number of aliphatic hydroxyl groups excluding tert-OH is 1. The summed E-state index contributed by atoms with van der Waals surface area (Å²) in [5.74, 6) is -0.444. The molecule has 9 heteroatoms. The van der Waals surface area contributed by atoms with Gasteiger partial charge in [-0.3, -0.25) is 14.5 Å². The van der Waals surface area contributed by atoms with E-state index < -0.39 is 17.7 Å². The number of carbonyl (C=O) groups is 2. The van der Waals surface area contributed by atoms with Crippen molar-refractivity contribution in [3.63, 3.8) is 0 Å². The van der Waals surface area contributed by atoms with Crippen LogP contribution in [0.1, 0.15) is 23.6 Å². The molecule has 1 atom stereocenters. The van der Waals surface area contributed by atoms with Crippen LogP contribution >= 0.6 is 15.9 Å². The van der Waals surface area contributed by atoms with Crippen molar-refractivity contribution in [3.05, 3.63) is 63.6 Å². The molecule has 178 valence electrons. The predicted molar refractivity (Wildman–Crippen MR) is 128 cm³/mol. The van der Waals surface area contributed by atoms with Gasteiger partial charge in [0.1, 0.15) is 5.76 Å². The molecule has 3 heterocycles. The van der Waals surface area contributed by atoms with Gasteiger partial charge in [-0.1, -0.05) is 28.1 Å². The lowest BCUT2D eigenvalue weighted by Crippen LogP contribution is -2.38. The number of Topliss-reactive ketones (excluding diaryl/α,β-unsaturated/α-hetero) is 1. The Morgan fingerprint density at radius 2 is 1.74 bits per heavy atom. The van der Waals surface area contributed by atoms with E-state index in [1.807, 2.05) is 24.3 Å². The molecular weight excluding hydrogens is 504 g/mol. The maximum absolute atomic E-state index is 13.2. The fourth-order valence-electron chi connectivity index (χ4n) is 4.59. The summed E-state index contributed by atoms with van der Waals surface area (Å²) in [6.07, 6.45) is 0.712. The number of hydrogen-bond donors (Lipinski definition) is 1. The Bertz CT molecular complexity index is 1130. The molecule has 34 heavy (non-hydrogen) atoms. The number of hydrogen-bond acceptors (Lipinski definition) is 7. The van der Waals surface area contributed by atoms with Crippen LogP contribution in [0.25, 0.3) is 5.76 Å². The lowest BCUT2D eigenvalue weighted by Gasteiger charge is -2.29. The zero-order chi connectivity index (χ0) is 23.7. The van der Waals surface area contributed by atoms with Gasteiger partial charge in [-0.25, -0.2) is 0 Å². The summed E-state index contributed by atoms with van der Waals surface area (Å²) < 4.78 is 17.0. The maximum Gasteiger partial charge on any atom is 0.295 e. The van der Waals surface area contributed by atoms with Crippen molar-refractivity contribution in [1.82, 2.24) is 9.80 Å². The summed E-state index contributed by atoms with van der Waals surface area (Å²) in [5.41, 5.74) is 1.24. The standard InChI is InChI=1S/C25H25BrN2O6/c26-18-5-2-16(3-6-18)22-21(23(29)17-4-7-19-20(14-17)34-15-33-19)24(30)25(31)28(22)9-1-8-27-10-12-32-13-11-27/h2-7,14,22,29H,1,8-13,15H2/b23-21+. The number of benzene rings is 2. The predicted octanol–water partition coefficient (Wildman–Crippen LogP) is 3.32. The lowest BCUT2D eigenvalue weighted by molar-refractivity contribution is -0.140. The largest absolute Gasteiger partial charge is 0.507 e. The van der Waals surface area contributed by atoms with Crippen molar-refractivity contribution in [2.24, 2.45) is 0 Å². The van der Waals surface area contributed by atoms with Crippen LogP contribution in [-0.4, -0.2) is 72.8 Å². The number of halogens is 1. The van der Waals surface area contributed by atoms with Crippen molar-refractivity contribution >= 4 is 33.4 Å². The van der Waals surface area contributed by atoms with Gasteiger partial charge in [-0.05, 0) is 42.3 Å². The summed E-state index contributed by atoms with van der Waals surface area (Å²) in [5, 5.41) is 11.2. The third kappa shape index (κ3) is 4.43. The minimum atomic E-state index is -0.686. The summed E-state index contributed by atoms with van der Waals surface area (Å²) >= 11 is 3.44. The zero-order valence-electron chi connectivity index (χ0n) is 18.5. The first-order valence-corrected chi connectivity index (χ1v) is 12.1. The molecular formula is C25H25BrN2O6. The van der Waals surface area contributed by atoms with E-state index in [1.165, 1.54) is 0 Å². The van der Waals surface area contributed by atoms with E-state index in [-0.39, 0.29) is 18.1 Å². The number of amides is 1. The minimum Gasteiger partial charge on any atom is -0.507 e. The van der Waals surface area contributed by atoms with E-state index in [1.54, 1.807) is 23.1 Å². The smallest absolute Gasteiger partial charge is 0.295 e. The van der Waals surface area contributed by atoms with E-state index in [4.69, 9.17) is 14.2 Å². The maximum atomic E-state index is 13.2. The van der Waals surface area contributed by atoms with Gasteiger partial charge in [0.15, 0.2) is 11.5 Å². The van der Waals surface area contributed by atoms with Crippen LogP contribution in [0.2, 0.25) is 0 Å². The number of aliphatic hydroxyl groups is 1. The van der Waals surface area contributed by atoms with Crippen molar-refractivity contribution in [2.75, 3.05) is 46.2 Å². The Kier molecular flexibility index (Phi) is 6.58. The van der Waals surface area contributed by atoms with Crippen molar-refractivity contribution in [1.29, 1.82) is 0 Å². The molecule has 0 aliphatic carbocycles. The molecule has 0 saturated carbocycles. The third-order valence-electron chi connectivity index (χ3n) is 6.35. The Morgan fingerprint density at radius 3 is 2.50 bits per heavy atom. The SMILES string of the molecule is O=C1C(=O)N(CCCN2CCOCC2)C(c2ccc(Br)cc2)/C1=C(\O)c1ccc2c(c1)OCO2. The van der Waals surface area contributed by atoms with Crippen LogP contribution in [-0.2, 0) is 14.3 Å². The minimum absolute atomic E-state index is 0.0811. The molecule has 0 bridgehead atoms. The molecule has 0 radical (unpaired) electrons. The third-order valence-corrected chi connectivity index (χ3v) is 6.88.